The topological polar surface area (TPSA) is 83.5 Å². The molecule has 35 heavy (non-hydrogen) atoms. The van der Waals surface area contributed by atoms with Crippen LogP contribution in [0.25, 0.3) is 10.2 Å². The van der Waals surface area contributed by atoms with Crippen molar-refractivity contribution in [1.29, 1.82) is 0 Å². The SMILES string of the molecule is O=C(C1CCCN1S(=O)(=O)c1ccc(Cl)s1)N(Cc1ccncc1)c1nc2c(F)cc(F)cc2s1. The van der Waals surface area contributed by atoms with Crippen LogP contribution in [0.2, 0.25) is 4.34 Å². The fourth-order valence-corrected chi connectivity index (χ4v) is 8.25. The van der Waals surface area contributed by atoms with Gasteiger partial charge < -0.3 is 0 Å². The van der Waals surface area contributed by atoms with E-state index in [4.69, 9.17) is 11.6 Å². The summed E-state index contributed by atoms with van der Waals surface area (Å²) >= 11 is 7.84. The zero-order valence-electron chi connectivity index (χ0n) is 17.9. The predicted molar refractivity (Wildman–Crippen MR) is 131 cm³/mol. The van der Waals surface area contributed by atoms with Gasteiger partial charge in [0.15, 0.2) is 10.9 Å². The molecule has 0 radical (unpaired) electrons. The van der Waals surface area contributed by atoms with Crippen LogP contribution in [0.3, 0.4) is 0 Å². The number of aromatic nitrogens is 2. The molecule has 1 unspecified atom stereocenters. The maximum atomic E-state index is 14.4. The summed E-state index contributed by atoms with van der Waals surface area (Å²) in [4.78, 5) is 23.4. The highest BCUT2D eigenvalue weighted by Crippen LogP contribution is 2.36. The van der Waals surface area contributed by atoms with Crippen molar-refractivity contribution < 1.29 is 22.0 Å². The first kappa shape index (κ1) is 24.2. The molecule has 1 aromatic carbocycles. The fourth-order valence-electron chi connectivity index (χ4n) is 3.98. The van der Waals surface area contributed by atoms with Gasteiger partial charge in [0.1, 0.15) is 21.6 Å². The molecule has 0 bridgehead atoms. The zero-order valence-corrected chi connectivity index (χ0v) is 21.1. The largest absolute Gasteiger partial charge is 0.282 e. The number of nitrogens with zero attached hydrogens (tertiary/aromatic N) is 4. The molecule has 7 nitrogen and oxygen atoms in total. The van der Waals surface area contributed by atoms with E-state index in [0.29, 0.717) is 17.2 Å². The minimum atomic E-state index is -3.95. The number of pyridine rings is 1. The van der Waals surface area contributed by atoms with E-state index in [1.165, 1.54) is 21.3 Å². The number of amides is 1. The number of thiazole rings is 1. The van der Waals surface area contributed by atoms with Gasteiger partial charge in [-0.25, -0.2) is 22.2 Å². The maximum absolute atomic E-state index is 14.4. The summed E-state index contributed by atoms with van der Waals surface area (Å²) in [5, 5.41) is 0.148. The second-order valence-corrected chi connectivity index (χ2v) is 12.7. The lowest BCUT2D eigenvalue weighted by atomic mass is 10.2. The van der Waals surface area contributed by atoms with Crippen LogP contribution in [0.1, 0.15) is 18.4 Å². The second-order valence-electron chi connectivity index (χ2n) is 7.84. The van der Waals surface area contributed by atoms with Crippen LogP contribution in [0.5, 0.6) is 0 Å². The number of benzene rings is 1. The van der Waals surface area contributed by atoms with Crippen molar-refractivity contribution in [3.63, 3.8) is 0 Å². The molecule has 1 fully saturated rings. The highest BCUT2D eigenvalue weighted by molar-refractivity contribution is 7.91. The number of hydrogen-bond acceptors (Lipinski definition) is 7. The Morgan fingerprint density at radius 1 is 1.17 bits per heavy atom. The lowest BCUT2D eigenvalue weighted by Gasteiger charge is -2.28. The number of carbonyl (C=O) groups excluding carboxylic acids is 1. The van der Waals surface area contributed by atoms with E-state index >= 15 is 0 Å². The molecule has 4 heterocycles. The van der Waals surface area contributed by atoms with Gasteiger partial charge in [0.25, 0.3) is 10.0 Å². The Morgan fingerprint density at radius 2 is 1.94 bits per heavy atom. The van der Waals surface area contributed by atoms with Crippen LogP contribution in [0.4, 0.5) is 13.9 Å². The molecule has 1 amide bonds. The number of thiophene rings is 1. The van der Waals surface area contributed by atoms with Crippen LogP contribution in [-0.4, -0.2) is 41.2 Å². The molecule has 182 valence electrons. The Hall–Kier alpha value is -2.51. The van der Waals surface area contributed by atoms with Crippen LogP contribution in [0, 0.1) is 11.6 Å². The number of fused-ring (bicyclic) bond motifs is 1. The molecule has 13 heteroatoms. The van der Waals surface area contributed by atoms with Gasteiger partial charge in [-0.15, -0.1) is 11.3 Å². The molecule has 1 saturated heterocycles. The van der Waals surface area contributed by atoms with Crippen molar-refractivity contribution >= 4 is 65.6 Å². The summed E-state index contributed by atoms with van der Waals surface area (Å²) in [6.45, 7) is 0.234. The highest BCUT2D eigenvalue weighted by Gasteiger charge is 2.42. The van der Waals surface area contributed by atoms with E-state index in [1.807, 2.05) is 0 Å². The van der Waals surface area contributed by atoms with E-state index in [-0.39, 0.29) is 32.6 Å². The van der Waals surface area contributed by atoms with E-state index in [0.717, 1.165) is 40.4 Å². The second kappa shape index (κ2) is 9.51. The summed E-state index contributed by atoms with van der Waals surface area (Å²) < 4.78 is 56.5. The molecule has 0 N–H and O–H groups in total. The van der Waals surface area contributed by atoms with Crippen LogP contribution < -0.4 is 4.90 Å². The Bertz CT molecular complexity index is 1510. The normalized spacial score (nSPS) is 16.7. The van der Waals surface area contributed by atoms with Crippen LogP contribution in [0.15, 0.2) is 53.0 Å². The summed E-state index contributed by atoms with van der Waals surface area (Å²) in [6, 6.07) is 7.25. The van der Waals surface area contributed by atoms with Crippen molar-refractivity contribution in [2.75, 3.05) is 11.4 Å². The smallest absolute Gasteiger partial charge is 0.253 e. The molecule has 0 aliphatic carbocycles. The predicted octanol–water partition coefficient (Wildman–Crippen LogP) is 5.07. The zero-order chi connectivity index (χ0) is 24.7. The lowest BCUT2D eigenvalue weighted by molar-refractivity contribution is -0.121. The van der Waals surface area contributed by atoms with E-state index in [1.54, 1.807) is 24.5 Å². The molecule has 1 aliphatic rings. The lowest BCUT2D eigenvalue weighted by Crippen LogP contribution is -2.47. The third-order valence-electron chi connectivity index (χ3n) is 5.59. The summed E-state index contributed by atoms with van der Waals surface area (Å²) in [5.74, 6) is -2.08. The standard InChI is InChI=1S/C22H17ClF2N4O3S3/c23-18-3-4-19(34-18)35(31,32)29-9-1-2-16(29)21(30)28(12-13-5-7-26-8-6-13)22-27-20-15(25)10-14(24)11-17(20)33-22/h3-8,10-11,16H,1-2,9,12H2. The fraction of sp³-hybridized carbons (Fsp3) is 0.227. The van der Waals surface area contributed by atoms with Gasteiger partial charge in [0.05, 0.1) is 15.6 Å². The van der Waals surface area contributed by atoms with Crippen molar-refractivity contribution in [3.8, 4) is 0 Å². The van der Waals surface area contributed by atoms with Crippen molar-refractivity contribution in [2.24, 2.45) is 0 Å². The molecule has 3 aromatic heterocycles. The van der Waals surface area contributed by atoms with Gasteiger partial charge >= 0.3 is 0 Å². The number of carbonyl (C=O) groups is 1. The highest BCUT2D eigenvalue weighted by atomic mass is 35.5. The van der Waals surface area contributed by atoms with Crippen LogP contribution in [-0.2, 0) is 21.4 Å². The molecular weight excluding hydrogens is 538 g/mol. The average molecular weight is 555 g/mol. The number of anilines is 1. The quantitative estimate of drug-likeness (QED) is 0.332. The molecule has 1 aliphatic heterocycles. The van der Waals surface area contributed by atoms with Crippen LogP contribution >= 0.6 is 34.3 Å². The van der Waals surface area contributed by atoms with Gasteiger partial charge in [-0.3, -0.25) is 14.7 Å². The summed E-state index contributed by atoms with van der Waals surface area (Å²) in [5.41, 5.74) is 0.666. The number of halogens is 3. The minimum Gasteiger partial charge on any atom is -0.282 e. The van der Waals surface area contributed by atoms with Crippen molar-refractivity contribution in [1.82, 2.24) is 14.3 Å². The summed E-state index contributed by atoms with van der Waals surface area (Å²) in [6.07, 6.45) is 3.95. The third kappa shape index (κ3) is 4.68. The van der Waals surface area contributed by atoms with Gasteiger partial charge in [0.2, 0.25) is 5.91 Å². The van der Waals surface area contributed by atoms with E-state index < -0.39 is 33.6 Å². The van der Waals surface area contributed by atoms with Gasteiger partial charge in [-0.05, 0) is 48.7 Å². The Morgan fingerprint density at radius 3 is 2.66 bits per heavy atom. The third-order valence-corrected chi connectivity index (χ3v) is 10.2. The van der Waals surface area contributed by atoms with Gasteiger partial charge in [-0.1, -0.05) is 22.9 Å². The molecule has 5 rings (SSSR count). The minimum absolute atomic E-state index is 0.0527. The molecule has 0 saturated carbocycles. The average Bonchev–Trinajstić information content (AvgIpc) is 3.57. The maximum Gasteiger partial charge on any atom is 0.253 e. The number of rotatable bonds is 6. The first-order chi connectivity index (χ1) is 16.7. The first-order valence-electron chi connectivity index (χ1n) is 10.5. The monoisotopic (exact) mass is 554 g/mol. The summed E-state index contributed by atoms with van der Waals surface area (Å²) in [7, 11) is -3.95. The van der Waals surface area contributed by atoms with E-state index in [2.05, 4.69) is 9.97 Å². The van der Waals surface area contributed by atoms with Crippen molar-refractivity contribution in [2.45, 2.75) is 29.6 Å². The molecule has 1 atom stereocenters. The Balaban J connectivity index is 1.54. The Kier molecular flexibility index (Phi) is 6.57. The molecular formula is C22H17ClF2N4O3S3. The van der Waals surface area contributed by atoms with E-state index in [9.17, 15) is 22.0 Å². The molecule has 0 spiro atoms. The van der Waals surface area contributed by atoms with Crippen molar-refractivity contribution in [3.05, 3.63) is 70.3 Å². The molecule has 4 aromatic rings. The Labute approximate surface area is 212 Å². The van der Waals surface area contributed by atoms with Gasteiger partial charge in [0, 0.05) is 25.0 Å². The first-order valence-corrected chi connectivity index (χ1v) is 13.9. The number of sulfonamides is 1. The number of hydrogen-bond donors (Lipinski definition) is 0. The van der Waals surface area contributed by atoms with Gasteiger partial charge in [-0.2, -0.15) is 4.31 Å².